The van der Waals surface area contributed by atoms with Crippen LogP contribution >= 0.6 is 11.6 Å². The van der Waals surface area contributed by atoms with Crippen molar-refractivity contribution in [3.8, 4) is 5.75 Å². The van der Waals surface area contributed by atoms with E-state index in [2.05, 4.69) is 10.6 Å². The zero-order chi connectivity index (χ0) is 32.3. The summed E-state index contributed by atoms with van der Waals surface area (Å²) in [5.74, 6) is -0.673. The summed E-state index contributed by atoms with van der Waals surface area (Å²) < 4.78 is 29.2. The number of halogens is 1. The van der Waals surface area contributed by atoms with E-state index in [-0.39, 0.29) is 24.3 Å². The normalized spacial score (nSPS) is 33.6. The number of esters is 1. The Morgan fingerprint density at radius 1 is 1.27 bits per heavy atom. The third kappa shape index (κ3) is 7.22. The molecule has 0 spiro atoms. The molecule has 3 aliphatic heterocycles. The largest absolute Gasteiger partial charge is 0.495 e. The first-order valence-electron chi connectivity index (χ1n) is 14.8. The number of alkyl carbamates (subject to hydrolysis) is 1. The van der Waals surface area contributed by atoms with E-state index in [0.717, 1.165) is 11.1 Å². The van der Waals surface area contributed by atoms with Gasteiger partial charge >= 0.3 is 12.1 Å². The van der Waals surface area contributed by atoms with Crippen molar-refractivity contribution < 1.29 is 38.1 Å². The topological polar surface area (TPSA) is 128 Å². The van der Waals surface area contributed by atoms with Crippen molar-refractivity contribution in [2.45, 2.75) is 89.1 Å². The summed E-state index contributed by atoms with van der Waals surface area (Å²) in [5.41, 5.74) is 1.40. The van der Waals surface area contributed by atoms with Gasteiger partial charge in [0, 0.05) is 26.5 Å². The fourth-order valence-corrected chi connectivity index (χ4v) is 6.23. The molecule has 1 aromatic carbocycles. The number of carbonyl (C=O) groups is 3. The Kier molecular flexibility index (Phi) is 10.7. The zero-order valence-corrected chi connectivity index (χ0v) is 27.4. The number of likely N-dealkylation sites (N-methyl/N-ethyl adjacent to an activating group) is 1. The summed E-state index contributed by atoms with van der Waals surface area (Å²) in [4.78, 5) is 40.9. The zero-order valence-electron chi connectivity index (χ0n) is 26.6. The summed E-state index contributed by atoms with van der Waals surface area (Å²) in [6.07, 6.45) is 3.86. The van der Waals surface area contributed by atoms with Crippen molar-refractivity contribution in [3.05, 3.63) is 46.5 Å². The molecule has 0 saturated carbocycles. The lowest BCUT2D eigenvalue weighted by Gasteiger charge is -2.36. The van der Waals surface area contributed by atoms with Crippen LogP contribution < -0.4 is 20.3 Å². The molecule has 12 heteroatoms. The quantitative estimate of drug-likeness (QED) is 0.366. The van der Waals surface area contributed by atoms with Gasteiger partial charge in [-0.2, -0.15) is 0 Å². The lowest BCUT2D eigenvalue weighted by Crippen LogP contribution is -2.53. The Bertz CT molecular complexity index is 1320. The van der Waals surface area contributed by atoms with Gasteiger partial charge in [0.05, 0.1) is 37.5 Å². The van der Waals surface area contributed by atoms with Crippen LogP contribution in [0.15, 0.2) is 35.9 Å². The lowest BCUT2D eigenvalue weighted by molar-refractivity contribution is -0.155. The van der Waals surface area contributed by atoms with E-state index in [4.69, 9.17) is 35.3 Å². The van der Waals surface area contributed by atoms with E-state index in [0.29, 0.717) is 29.3 Å². The van der Waals surface area contributed by atoms with Crippen LogP contribution in [0.4, 0.5) is 10.5 Å². The maximum atomic E-state index is 13.8. The number of carbonyl (C=O) groups excluding carboxylic acids is 3. The van der Waals surface area contributed by atoms with E-state index in [1.165, 1.54) is 12.0 Å². The van der Waals surface area contributed by atoms with Crippen molar-refractivity contribution in [3.63, 3.8) is 0 Å². The number of ether oxygens (including phenoxy) is 5. The fourth-order valence-electron chi connectivity index (χ4n) is 5.91. The monoisotopic (exact) mass is 633 g/mol. The highest BCUT2D eigenvalue weighted by Crippen LogP contribution is 2.48. The Hall–Kier alpha value is -3.12. The molecular weight excluding hydrogens is 590 g/mol. The van der Waals surface area contributed by atoms with E-state index in [1.54, 1.807) is 28.1 Å². The summed E-state index contributed by atoms with van der Waals surface area (Å²) >= 11 is 6.70. The van der Waals surface area contributed by atoms with Gasteiger partial charge in [0.2, 0.25) is 5.91 Å². The van der Waals surface area contributed by atoms with Gasteiger partial charge in [0.15, 0.2) is 0 Å². The van der Waals surface area contributed by atoms with Crippen LogP contribution in [0, 0.1) is 5.92 Å². The van der Waals surface area contributed by atoms with Crippen molar-refractivity contribution in [1.29, 1.82) is 0 Å². The molecular formula is C32H44ClN3O8. The molecule has 8 atom stereocenters. The first kappa shape index (κ1) is 33.8. The SMILES string of the molecule is CN[C@@H](C)C(=O)O[C@H]1CC(=O)N(C)c2cc(cc(OC)c2Cl)C/C(C)=C/C=C/[C@@H](OC)[C@H]2C[C@H](OC(=O)N2)[C@@H](C)[C@@H]2O[C@@]12C. The Morgan fingerprint density at radius 3 is 2.66 bits per heavy atom. The van der Waals surface area contributed by atoms with E-state index >= 15 is 0 Å². The minimum absolute atomic E-state index is 0.162. The average Bonchev–Trinajstić information content (AvgIpc) is 3.69. The predicted octanol–water partition coefficient (Wildman–Crippen LogP) is 3.96. The van der Waals surface area contributed by atoms with Gasteiger partial charge in [0.25, 0.3) is 0 Å². The Morgan fingerprint density at radius 2 is 2.00 bits per heavy atom. The molecule has 0 unspecified atom stereocenters. The van der Waals surface area contributed by atoms with Gasteiger partial charge < -0.3 is 39.2 Å². The summed E-state index contributed by atoms with van der Waals surface area (Å²) in [7, 11) is 6.41. The number of epoxide rings is 1. The van der Waals surface area contributed by atoms with E-state index < -0.39 is 48.1 Å². The van der Waals surface area contributed by atoms with Gasteiger partial charge in [-0.05, 0) is 51.9 Å². The van der Waals surface area contributed by atoms with E-state index in [1.807, 2.05) is 51.1 Å². The van der Waals surface area contributed by atoms with Gasteiger partial charge in [-0.25, -0.2) is 4.79 Å². The number of anilines is 1. The van der Waals surface area contributed by atoms with Crippen LogP contribution in [0.25, 0.3) is 0 Å². The highest BCUT2D eigenvalue weighted by atomic mass is 35.5. The molecule has 2 N–H and O–H groups in total. The third-order valence-corrected chi connectivity index (χ3v) is 9.29. The molecule has 11 nitrogen and oxygen atoms in total. The Balaban J connectivity index is 1.77. The first-order chi connectivity index (χ1) is 20.8. The van der Waals surface area contributed by atoms with Gasteiger partial charge in [0.1, 0.15) is 34.6 Å². The molecule has 0 radical (unpaired) electrons. The van der Waals surface area contributed by atoms with Gasteiger partial charge in [-0.15, -0.1) is 0 Å². The smallest absolute Gasteiger partial charge is 0.407 e. The summed E-state index contributed by atoms with van der Waals surface area (Å²) in [5, 5.41) is 6.05. The highest BCUT2D eigenvalue weighted by Gasteiger charge is 2.63. The van der Waals surface area contributed by atoms with Crippen LogP contribution in [0.2, 0.25) is 5.02 Å². The minimum atomic E-state index is -1.00. The van der Waals surface area contributed by atoms with Crippen molar-refractivity contribution in [2.75, 3.05) is 33.2 Å². The highest BCUT2D eigenvalue weighted by molar-refractivity contribution is 6.35. The second kappa shape index (κ2) is 13.9. The fraction of sp³-hybridized carbons (Fsp3) is 0.594. The maximum Gasteiger partial charge on any atom is 0.407 e. The number of nitrogens with one attached hydrogen (secondary N) is 2. The van der Waals surface area contributed by atoms with Crippen molar-refractivity contribution in [1.82, 2.24) is 10.6 Å². The molecule has 3 aliphatic rings. The molecule has 44 heavy (non-hydrogen) atoms. The molecule has 2 amide bonds. The van der Waals surface area contributed by atoms with Crippen LogP contribution in [0.5, 0.6) is 5.75 Å². The second-order valence-electron chi connectivity index (χ2n) is 12.0. The number of benzene rings is 1. The van der Waals surface area contributed by atoms with Crippen LogP contribution in [-0.4, -0.2) is 88.4 Å². The molecule has 4 rings (SSSR count). The number of fused-ring (bicyclic) bond motifs is 5. The third-order valence-electron chi connectivity index (χ3n) is 8.91. The number of hydrogen-bond donors (Lipinski definition) is 2. The molecule has 0 aliphatic carbocycles. The van der Waals surface area contributed by atoms with Crippen molar-refractivity contribution >= 4 is 35.3 Å². The van der Waals surface area contributed by atoms with Crippen molar-refractivity contribution in [2.24, 2.45) is 5.92 Å². The van der Waals surface area contributed by atoms with Gasteiger partial charge in [-0.1, -0.05) is 42.3 Å². The molecule has 2 saturated heterocycles. The average molecular weight is 634 g/mol. The molecule has 1 aromatic rings. The summed E-state index contributed by atoms with van der Waals surface area (Å²) in [6.45, 7) is 7.43. The standard InChI is InChI=1S/C32H44ClN3O8/c1-17-10-9-11-23(40-7)21-15-24(42-31(39)35-21)18(2)29-32(4,44-29)26(43-30(38)19(3)34-5)16-27(37)36(6)22-13-20(12-17)14-25(41-8)28(22)33/h9-11,13-14,18-19,21,23-24,26,29,34H,12,15-16H2,1-8H3,(H,35,39)/b11-9+,17-10+/t18-,19+,21-,23-,24+,26+,29+,32+/m1/s1. The number of rotatable bonds is 5. The molecule has 3 heterocycles. The predicted molar refractivity (Wildman–Crippen MR) is 166 cm³/mol. The number of methoxy groups -OCH3 is 2. The van der Waals surface area contributed by atoms with Crippen LogP contribution in [0.1, 0.15) is 46.1 Å². The first-order valence-corrected chi connectivity index (χ1v) is 15.2. The summed E-state index contributed by atoms with van der Waals surface area (Å²) in [6, 6.07) is 2.76. The van der Waals surface area contributed by atoms with E-state index in [9.17, 15) is 14.4 Å². The Labute approximate surface area is 264 Å². The molecule has 2 fully saturated rings. The molecule has 242 valence electrons. The van der Waals surface area contributed by atoms with Crippen LogP contribution in [-0.2, 0) is 35.0 Å². The second-order valence-corrected chi connectivity index (χ2v) is 12.4. The number of hydrogen-bond acceptors (Lipinski definition) is 9. The lowest BCUT2D eigenvalue weighted by atomic mass is 9.84. The number of amides is 2. The maximum absolute atomic E-state index is 13.8. The number of nitrogens with zero attached hydrogens (tertiary/aromatic N) is 1. The van der Waals surface area contributed by atoms with Gasteiger partial charge in [-0.3, -0.25) is 9.59 Å². The molecule has 0 aromatic heterocycles. The molecule has 4 bridgehead atoms. The minimum Gasteiger partial charge on any atom is -0.495 e. The van der Waals surface area contributed by atoms with Crippen LogP contribution in [0.3, 0.4) is 0 Å². The number of allylic oxidation sites excluding steroid dienone is 3.